The van der Waals surface area contributed by atoms with E-state index in [0.717, 1.165) is 6.92 Å². The number of hydrogen-bond donors (Lipinski definition) is 2. The van der Waals surface area contributed by atoms with Gasteiger partial charge in [0.1, 0.15) is 5.97 Å². The van der Waals surface area contributed by atoms with Crippen molar-refractivity contribution in [2.75, 3.05) is 14.1 Å². The lowest BCUT2D eigenvalue weighted by Crippen LogP contribution is -2.73. The summed E-state index contributed by atoms with van der Waals surface area (Å²) in [5, 5.41) is 18.3. The van der Waals surface area contributed by atoms with Crippen molar-refractivity contribution in [2.24, 2.45) is 5.73 Å². The first-order valence-electron chi connectivity index (χ1n) is 5.55. The number of likely N-dealkylation sites (N-methyl/N-ethyl adjacent to an activating group) is 1. The Morgan fingerprint density at radius 2 is 1.89 bits per heavy atom. The third kappa shape index (κ3) is 5.29. The molecule has 106 valence electrons. The summed E-state index contributed by atoms with van der Waals surface area (Å²) in [6.07, 6.45) is 2.48. The first kappa shape index (κ1) is 19.0. The zero-order chi connectivity index (χ0) is 15.1. The van der Waals surface area contributed by atoms with E-state index in [4.69, 9.17) is 15.6 Å². The Morgan fingerprint density at radius 3 is 2.11 bits per heavy atom. The summed E-state index contributed by atoms with van der Waals surface area (Å²) >= 11 is 0. The van der Waals surface area contributed by atoms with Gasteiger partial charge < -0.3 is 19.5 Å². The van der Waals surface area contributed by atoms with E-state index >= 15 is 0 Å². The lowest BCUT2D eigenvalue weighted by Gasteiger charge is -2.48. The Labute approximate surface area is 108 Å². The number of carboxylic acids is 2. The van der Waals surface area contributed by atoms with Crippen LogP contribution < -0.4 is 10.8 Å². The smallest absolute Gasteiger partial charge is 0.300 e. The summed E-state index contributed by atoms with van der Waals surface area (Å²) in [6, 6.07) is 0.0837. The van der Waals surface area contributed by atoms with Crippen molar-refractivity contribution >= 4 is 11.9 Å². The van der Waals surface area contributed by atoms with Gasteiger partial charge in [0.2, 0.25) is 0 Å². The minimum atomic E-state index is -1.39. The second kappa shape index (κ2) is 7.13. The molecule has 2 atom stereocenters. The second-order valence-electron chi connectivity index (χ2n) is 4.87. The molecule has 0 aliphatic carbocycles. The molecule has 0 radical (unpaired) electrons. The number of nitrogens with zero attached hydrogens (tertiary/aromatic N) is 1. The summed E-state index contributed by atoms with van der Waals surface area (Å²) in [7, 11) is 3.56. The van der Waals surface area contributed by atoms with Crippen molar-refractivity contribution in [1.29, 1.82) is 0 Å². The van der Waals surface area contributed by atoms with Gasteiger partial charge in [0.25, 0.3) is 5.97 Å². The van der Waals surface area contributed by atoms with Crippen molar-refractivity contribution in [3.05, 3.63) is 12.7 Å². The van der Waals surface area contributed by atoms with Crippen LogP contribution in [0.2, 0.25) is 0 Å². The molecule has 0 bridgehead atoms. The predicted molar refractivity (Wildman–Crippen MR) is 67.3 cm³/mol. The summed E-state index contributed by atoms with van der Waals surface area (Å²) in [4.78, 5) is 19.9. The molecule has 0 aliphatic heterocycles. The van der Waals surface area contributed by atoms with Gasteiger partial charge in [-0.25, -0.2) is 0 Å². The molecule has 0 saturated carbocycles. The number of aliphatic carboxylic acids is 2. The monoisotopic (exact) mass is 260 g/mol. The normalized spacial score (nSPS) is 15.7. The van der Waals surface area contributed by atoms with Crippen molar-refractivity contribution in [2.45, 2.75) is 38.9 Å². The molecule has 0 saturated heterocycles. The van der Waals surface area contributed by atoms with Crippen LogP contribution in [0.3, 0.4) is 0 Å². The number of carbonyl (C=O) groups excluding carboxylic acids is 1. The van der Waals surface area contributed by atoms with E-state index in [1.807, 2.05) is 6.92 Å². The Kier molecular flexibility index (Phi) is 7.50. The molecular weight excluding hydrogens is 236 g/mol. The Balaban J connectivity index is 0. The van der Waals surface area contributed by atoms with Gasteiger partial charge in [-0.2, -0.15) is 0 Å². The summed E-state index contributed by atoms with van der Waals surface area (Å²) in [5.74, 6) is -2.07. The third-order valence-corrected chi connectivity index (χ3v) is 3.22. The van der Waals surface area contributed by atoms with Crippen molar-refractivity contribution < 1.29 is 24.3 Å². The number of rotatable bonds is 5. The number of carboxylic acid groups (broad SMARTS) is 2. The summed E-state index contributed by atoms with van der Waals surface area (Å²) in [5.41, 5.74) is 4.36. The predicted octanol–water partition coefficient (Wildman–Crippen LogP) is -0.457. The third-order valence-electron chi connectivity index (χ3n) is 3.22. The van der Waals surface area contributed by atoms with E-state index in [9.17, 15) is 9.90 Å². The van der Waals surface area contributed by atoms with Crippen LogP contribution in [0.15, 0.2) is 12.7 Å². The zero-order valence-corrected chi connectivity index (χ0v) is 11.8. The number of quaternary nitrogens is 1. The van der Waals surface area contributed by atoms with Crippen molar-refractivity contribution in [3.63, 3.8) is 0 Å². The van der Waals surface area contributed by atoms with E-state index in [2.05, 4.69) is 6.58 Å². The van der Waals surface area contributed by atoms with Crippen LogP contribution in [-0.2, 0) is 9.59 Å². The Hall–Kier alpha value is -1.40. The van der Waals surface area contributed by atoms with Gasteiger partial charge in [-0.15, -0.1) is 6.58 Å². The van der Waals surface area contributed by atoms with Crippen LogP contribution in [0.5, 0.6) is 0 Å². The molecule has 3 N–H and O–H groups in total. The summed E-state index contributed by atoms with van der Waals surface area (Å²) < 4.78 is 0.168. The van der Waals surface area contributed by atoms with Crippen LogP contribution >= 0.6 is 0 Å². The average molecular weight is 260 g/mol. The molecule has 0 aliphatic rings. The lowest BCUT2D eigenvalue weighted by atomic mass is 10.0. The van der Waals surface area contributed by atoms with Crippen LogP contribution in [0.4, 0.5) is 0 Å². The van der Waals surface area contributed by atoms with Crippen molar-refractivity contribution in [3.8, 4) is 0 Å². The maximum absolute atomic E-state index is 10.9. The Bertz CT molecular complexity index is 307. The highest BCUT2D eigenvalue weighted by atomic mass is 16.4. The van der Waals surface area contributed by atoms with Crippen LogP contribution in [-0.4, -0.2) is 47.3 Å². The molecule has 6 heteroatoms. The number of carbonyl (C=O) groups is 2. The molecule has 0 spiro atoms. The molecule has 0 aromatic heterocycles. The van der Waals surface area contributed by atoms with Gasteiger partial charge in [-0.3, -0.25) is 10.5 Å². The fourth-order valence-corrected chi connectivity index (χ4v) is 1.20. The largest absolute Gasteiger partial charge is 0.543 e. The summed E-state index contributed by atoms with van der Waals surface area (Å²) in [6.45, 7) is 8.12. The number of hydrogen-bond acceptors (Lipinski definition) is 4. The highest BCUT2D eigenvalue weighted by Gasteiger charge is 2.42. The minimum absolute atomic E-state index is 0.0837. The van der Waals surface area contributed by atoms with Gasteiger partial charge in [0.15, 0.2) is 5.66 Å². The minimum Gasteiger partial charge on any atom is -0.543 e. The van der Waals surface area contributed by atoms with E-state index in [0.29, 0.717) is 6.42 Å². The Morgan fingerprint density at radius 1 is 1.56 bits per heavy atom. The molecular formula is C12H24N2O4. The van der Waals surface area contributed by atoms with E-state index < -0.39 is 17.6 Å². The SMILES string of the molecule is C=CCC(C)[N+](C)(C)C(C)(N)C(=O)[O-].CC(=O)O. The molecule has 2 unspecified atom stereocenters. The molecule has 0 fully saturated rings. The number of nitrogens with two attached hydrogens (primary N) is 1. The molecule has 0 aromatic rings. The van der Waals surface area contributed by atoms with Gasteiger partial charge in [0.05, 0.1) is 20.1 Å². The van der Waals surface area contributed by atoms with Crippen LogP contribution in [0, 0.1) is 0 Å². The fraction of sp³-hybridized carbons (Fsp3) is 0.667. The lowest BCUT2D eigenvalue weighted by molar-refractivity contribution is -0.952. The van der Waals surface area contributed by atoms with Gasteiger partial charge in [-0.1, -0.05) is 6.08 Å². The van der Waals surface area contributed by atoms with Crippen LogP contribution in [0.1, 0.15) is 27.2 Å². The van der Waals surface area contributed by atoms with Gasteiger partial charge >= 0.3 is 0 Å². The van der Waals surface area contributed by atoms with Gasteiger partial charge in [0, 0.05) is 20.3 Å². The first-order valence-corrected chi connectivity index (χ1v) is 5.55. The molecule has 0 amide bonds. The average Bonchev–Trinajstić information content (AvgIpc) is 2.16. The van der Waals surface area contributed by atoms with E-state index in [-0.39, 0.29) is 10.5 Å². The highest BCUT2D eigenvalue weighted by molar-refractivity contribution is 5.73. The molecule has 18 heavy (non-hydrogen) atoms. The zero-order valence-electron chi connectivity index (χ0n) is 11.8. The molecule has 0 heterocycles. The standard InChI is InChI=1S/C10H20N2O2.C2H4O2/c1-6-7-8(2)12(4,5)10(3,11)9(13)14;1-2(3)4/h6,8H,1,7,11H2,2-5H3;1H3,(H,3,4). The molecule has 6 nitrogen and oxygen atoms in total. The highest BCUT2D eigenvalue weighted by Crippen LogP contribution is 2.21. The van der Waals surface area contributed by atoms with E-state index in [1.165, 1.54) is 6.92 Å². The second-order valence-corrected chi connectivity index (χ2v) is 4.87. The van der Waals surface area contributed by atoms with E-state index in [1.54, 1.807) is 20.2 Å². The topological polar surface area (TPSA) is 103 Å². The molecule has 0 rings (SSSR count). The van der Waals surface area contributed by atoms with Gasteiger partial charge in [-0.05, 0) is 6.92 Å². The quantitative estimate of drug-likeness (QED) is 0.395. The molecule has 0 aromatic carbocycles. The maximum atomic E-state index is 10.9. The maximum Gasteiger partial charge on any atom is 0.300 e. The fourth-order valence-electron chi connectivity index (χ4n) is 1.20. The van der Waals surface area contributed by atoms with Crippen LogP contribution in [0.25, 0.3) is 0 Å². The van der Waals surface area contributed by atoms with Crippen molar-refractivity contribution in [1.82, 2.24) is 0 Å². The first-order chi connectivity index (χ1) is 7.91.